The summed E-state index contributed by atoms with van der Waals surface area (Å²) in [6, 6.07) is 0. The molecule has 21 aliphatic rings. The van der Waals surface area contributed by atoms with Crippen LogP contribution in [0.2, 0.25) is 0 Å². The smallest absolute Gasteiger partial charge is 0.187 e. The lowest BCUT2D eigenvalue weighted by Gasteiger charge is -2.50. The third kappa shape index (κ3) is 16.1. The van der Waals surface area contributed by atoms with E-state index in [2.05, 4.69) is 5.32 Å². The van der Waals surface area contributed by atoms with E-state index in [4.69, 9.17) is 72.0 Å². The van der Waals surface area contributed by atoms with Gasteiger partial charge in [-0.2, -0.15) is 0 Å². The Hall–Kier alpha value is -1.44. The number of nitrogens with two attached hydrogens (primary N) is 1. The van der Waals surface area contributed by atoms with Gasteiger partial charge in [0.15, 0.2) is 44.0 Å². The number of rotatable bonds is 18. The minimum absolute atomic E-state index is 0.187. The summed E-state index contributed by atoms with van der Waals surface area (Å²) in [6.07, 6.45) is -61.4. The van der Waals surface area contributed by atoms with Crippen molar-refractivity contribution in [3.63, 3.8) is 0 Å². The third-order valence-corrected chi connectivity index (χ3v) is 17.3. The molecule has 88 heavy (non-hydrogen) atoms. The van der Waals surface area contributed by atoms with Gasteiger partial charge in [-0.15, -0.1) is 0 Å². The van der Waals surface area contributed by atoms with Crippen LogP contribution in [0.3, 0.4) is 0 Å². The summed E-state index contributed by atoms with van der Waals surface area (Å²) in [5.41, 5.74) is 5.60. The number of nitrogens with one attached hydrogen (secondary N) is 1. The molecule has 0 unspecified atom stereocenters. The van der Waals surface area contributed by atoms with Crippen molar-refractivity contribution < 1.29 is 168 Å². The fourth-order valence-corrected chi connectivity index (χ4v) is 12.1. The van der Waals surface area contributed by atoms with Gasteiger partial charge in [-0.25, -0.2) is 0 Å². The summed E-state index contributed by atoms with van der Waals surface area (Å²) in [6.45, 7) is -5.34. The minimum atomic E-state index is -2.20. The van der Waals surface area contributed by atoms with E-state index in [0.717, 1.165) is 44.9 Å². The first-order valence-corrected chi connectivity index (χ1v) is 29.9. The van der Waals surface area contributed by atoms with Gasteiger partial charge in [0, 0.05) is 6.54 Å². The standard InChI is InChI=1S/C52H92N2O34/c53-9-7-5-3-1-2-4-6-8-10-54-11-18-39-25(61)32(68)46(75-18)83-40-19(12-55)77-48(34(70)27(40)63)85-42-21(14-57)79-50(36(72)29(42)65)87-44-23(16-59)81-52(38(74)31(44)67)88-45-24(17-60)80-51(37(73)30(45)66)86-43-22(15-58)78-49(35(71)28(43)64)84-41-20(13-56)76-47(82-39)33(69)26(41)62/h18-52,54-74H,1-17,53H2/t18-,19-,20-,21-,22-,23-,24-,25-,26-,27-,28-,29-,30-,31-,32-,33-,34+,35-,36+,37-,38-,39-,40-,41-,42-,43-,44-,45-,46-,47-,48-,49-,50-,51-,52-/m1/s1. The van der Waals surface area contributed by atoms with E-state index >= 15 is 0 Å². The van der Waals surface area contributed by atoms with Gasteiger partial charge in [-0.3, -0.25) is 0 Å². The fourth-order valence-electron chi connectivity index (χ4n) is 12.1. The van der Waals surface area contributed by atoms with E-state index in [0.29, 0.717) is 19.5 Å². The van der Waals surface area contributed by atoms with Crippen LogP contribution in [0.25, 0.3) is 0 Å². The number of unbranched alkanes of at least 4 members (excludes halogenated alkanes) is 7. The molecule has 0 aromatic rings. The molecule has 514 valence electrons. The Labute approximate surface area is 504 Å². The second-order valence-corrected chi connectivity index (χ2v) is 23.3. The lowest BCUT2D eigenvalue weighted by molar-refractivity contribution is -0.396. The molecule has 0 radical (unpaired) electrons. The molecular formula is C52H92N2O34. The van der Waals surface area contributed by atoms with Crippen LogP contribution >= 0.6 is 0 Å². The number of ether oxygens (including phenoxy) is 14. The zero-order valence-electron chi connectivity index (χ0n) is 48.0. The van der Waals surface area contributed by atoms with Crippen LogP contribution in [0.15, 0.2) is 0 Å². The van der Waals surface area contributed by atoms with Crippen molar-refractivity contribution in [1.29, 1.82) is 0 Å². The molecule has 36 heteroatoms. The van der Waals surface area contributed by atoms with Gasteiger partial charge >= 0.3 is 0 Å². The maximum absolute atomic E-state index is 11.8. The predicted molar refractivity (Wildman–Crippen MR) is 280 cm³/mol. The normalized spacial score (nSPS) is 49.9. The number of aliphatic hydroxyl groups is 20. The maximum Gasteiger partial charge on any atom is 0.187 e. The molecule has 0 aromatic heterocycles. The Bertz CT molecular complexity index is 2020. The topological polar surface area (TPSA) is 572 Å². The van der Waals surface area contributed by atoms with Crippen LogP contribution in [0.4, 0.5) is 0 Å². The van der Waals surface area contributed by atoms with Gasteiger partial charge in [-0.05, 0) is 25.9 Å². The third-order valence-electron chi connectivity index (χ3n) is 17.3. The number of hydrogen-bond acceptors (Lipinski definition) is 36. The molecule has 21 aliphatic heterocycles. The largest absolute Gasteiger partial charge is 0.394 e. The van der Waals surface area contributed by atoms with E-state index in [1.54, 1.807) is 0 Å². The summed E-state index contributed by atoms with van der Waals surface area (Å²) in [5, 5.41) is 227. The van der Waals surface area contributed by atoms with Crippen molar-refractivity contribution >= 4 is 0 Å². The summed E-state index contributed by atoms with van der Waals surface area (Å²) < 4.78 is 81.7. The Balaban J connectivity index is 1.06. The van der Waals surface area contributed by atoms with Gasteiger partial charge in [0.05, 0.1) is 39.6 Å². The zero-order chi connectivity index (χ0) is 63.8. The molecule has 21 heterocycles. The predicted octanol–water partition coefficient (Wildman–Crippen LogP) is -12.6. The van der Waals surface area contributed by atoms with Crippen molar-refractivity contribution in [2.24, 2.45) is 5.73 Å². The van der Waals surface area contributed by atoms with Crippen LogP contribution in [-0.4, -0.2) is 376 Å². The fraction of sp³-hybridized carbons (Fsp3) is 1.00. The van der Waals surface area contributed by atoms with Gasteiger partial charge in [-0.1, -0.05) is 38.5 Å². The molecule has 21 fully saturated rings. The van der Waals surface area contributed by atoms with E-state index in [1.807, 2.05) is 0 Å². The van der Waals surface area contributed by atoms with Gasteiger partial charge in [0.2, 0.25) is 0 Å². The van der Waals surface area contributed by atoms with E-state index in [-0.39, 0.29) is 6.54 Å². The monoisotopic (exact) mass is 1290 g/mol. The Kier molecular flexibility index (Phi) is 27.4. The Morgan fingerprint density at radius 1 is 0.227 bits per heavy atom. The molecule has 35 atom stereocenters. The molecule has 0 aromatic carbocycles. The van der Waals surface area contributed by atoms with Crippen LogP contribution in [0, 0.1) is 0 Å². The maximum atomic E-state index is 11.8. The SMILES string of the molecule is NCCCCCCCCCCNC[C@H]1O[C@@H]2O[C@H]3[C@H](O)[C@H](O)[C@@H](O[C@H]4[C@H](O)[C@H](O)[C@@H](O[C@H]5[C@H](O)[C@@H](O)[C@@H](O[C@H]6[C@H](O)[C@@H](O)[C@@H](O[C@H]7[C@H](O)[C@@H](O)[C@@H](O[C@H]8[C@H](O)[C@@H](O)[C@@H](O[C@H]1[C@H](O)[C@H]2O)O[C@@H]8CO)O[C@@H]7CO)O[C@@H]6CO)O[C@@H]5CO)O[C@@H]4CO)O[C@@H]3CO. The lowest BCUT2D eigenvalue weighted by atomic mass is 9.95. The highest BCUT2D eigenvalue weighted by Gasteiger charge is 2.59. The first-order chi connectivity index (χ1) is 42.2. The van der Waals surface area contributed by atoms with Crippen molar-refractivity contribution in [3.8, 4) is 0 Å². The van der Waals surface area contributed by atoms with Crippen molar-refractivity contribution in [1.82, 2.24) is 5.32 Å². The highest BCUT2D eigenvalue weighted by molar-refractivity contribution is 5.02. The lowest BCUT2D eigenvalue weighted by Crippen LogP contribution is -2.68. The van der Waals surface area contributed by atoms with Crippen molar-refractivity contribution in [2.75, 3.05) is 59.3 Å². The second kappa shape index (κ2) is 33.3. The molecule has 21 rings (SSSR count). The highest BCUT2D eigenvalue weighted by atomic mass is 16.8. The Morgan fingerprint density at radius 2 is 0.409 bits per heavy atom. The summed E-state index contributed by atoms with van der Waals surface area (Å²) in [4.78, 5) is 0. The minimum Gasteiger partial charge on any atom is -0.394 e. The summed E-state index contributed by atoms with van der Waals surface area (Å²) in [5.74, 6) is 0. The van der Waals surface area contributed by atoms with Crippen molar-refractivity contribution in [3.05, 3.63) is 0 Å². The summed E-state index contributed by atoms with van der Waals surface area (Å²) >= 11 is 0. The van der Waals surface area contributed by atoms with Gasteiger partial charge in [0.25, 0.3) is 0 Å². The van der Waals surface area contributed by atoms with E-state index < -0.39 is 255 Å². The molecule has 0 spiro atoms. The quantitative estimate of drug-likeness (QED) is 0.0567. The second-order valence-electron chi connectivity index (χ2n) is 23.3. The van der Waals surface area contributed by atoms with Crippen LogP contribution in [0.5, 0.6) is 0 Å². The molecule has 21 saturated heterocycles. The van der Waals surface area contributed by atoms with E-state index in [1.165, 1.54) is 0 Å². The first kappa shape index (κ1) is 72.4. The first-order valence-electron chi connectivity index (χ1n) is 29.9. The average Bonchev–Trinajstić information content (AvgIpc) is 2.12. The molecule has 0 aliphatic carbocycles. The number of aliphatic hydroxyl groups excluding tert-OH is 20. The zero-order valence-corrected chi connectivity index (χ0v) is 48.0. The molecule has 36 nitrogen and oxygen atoms in total. The highest BCUT2D eigenvalue weighted by Crippen LogP contribution is 2.39. The number of hydrogen-bond donors (Lipinski definition) is 22. The molecule has 0 saturated carbocycles. The van der Waals surface area contributed by atoms with E-state index in [9.17, 15) is 102 Å². The van der Waals surface area contributed by atoms with Gasteiger partial charge in [0.1, 0.15) is 171 Å². The average molecular weight is 1290 g/mol. The van der Waals surface area contributed by atoms with Gasteiger partial charge < -0.3 is 179 Å². The van der Waals surface area contributed by atoms with Crippen LogP contribution < -0.4 is 11.1 Å². The molecule has 23 N–H and O–H groups in total. The van der Waals surface area contributed by atoms with Crippen molar-refractivity contribution in [2.45, 2.75) is 266 Å². The summed E-state index contributed by atoms with van der Waals surface area (Å²) in [7, 11) is 0. The molecule has 14 bridgehead atoms. The van der Waals surface area contributed by atoms with Crippen LogP contribution in [-0.2, 0) is 66.3 Å². The molecule has 0 amide bonds. The van der Waals surface area contributed by atoms with Crippen LogP contribution in [0.1, 0.15) is 51.4 Å². The Morgan fingerprint density at radius 3 is 0.614 bits per heavy atom. The molecular weight excluding hydrogens is 1200 g/mol.